The Kier molecular flexibility index (Phi) is 5.11. The lowest BCUT2D eigenvalue weighted by atomic mass is 10.0. The standard InChI is InChI=1S/C10H18N2.ClH/c1-8(2)7-9(11)10-5-4-6-12(10)3;/h4-6,8-9H,7,11H2,1-3H3;1H/t9-;/m1./s1. The minimum absolute atomic E-state index is 0. The molecule has 2 nitrogen and oxygen atoms in total. The van der Waals surface area contributed by atoms with E-state index >= 15 is 0 Å². The monoisotopic (exact) mass is 202 g/mol. The Balaban J connectivity index is 0.00000144. The molecular formula is C10H19ClN2. The van der Waals surface area contributed by atoms with E-state index in [2.05, 4.69) is 24.5 Å². The van der Waals surface area contributed by atoms with E-state index < -0.39 is 0 Å². The zero-order valence-electron chi connectivity index (χ0n) is 8.53. The van der Waals surface area contributed by atoms with Gasteiger partial charge < -0.3 is 10.3 Å². The molecule has 0 unspecified atom stereocenters. The SMILES string of the molecule is CC(C)C[C@@H](N)c1cccn1C.Cl. The molecule has 0 saturated heterocycles. The normalized spacial score (nSPS) is 12.7. The summed E-state index contributed by atoms with van der Waals surface area (Å²) in [7, 11) is 2.04. The predicted octanol–water partition coefficient (Wildman–Crippen LogP) is 2.49. The van der Waals surface area contributed by atoms with E-state index in [-0.39, 0.29) is 18.4 Å². The number of nitrogens with zero attached hydrogens (tertiary/aromatic N) is 1. The molecule has 1 heterocycles. The molecule has 1 aromatic rings. The maximum Gasteiger partial charge on any atom is 0.0452 e. The van der Waals surface area contributed by atoms with Crippen molar-refractivity contribution >= 4 is 12.4 Å². The second kappa shape index (κ2) is 5.30. The van der Waals surface area contributed by atoms with E-state index in [1.54, 1.807) is 0 Å². The number of hydrogen-bond acceptors (Lipinski definition) is 1. The fourth-order valence-corrected chi connectivity index (χ4v) is 1.49. The van der Waals surface area contributed by atoms with Crippen LogP contribution in [0.25, 0.3) is 0 Å². The van der Waals surface area contributed by atoms with Crippen LogP contribution in [0.3, 0.4) is 0 Å². The molecule has 1 aromatic heterocycles. The molecule has 2 N–H and O–H groups in total. The second-order valence-corrected chi connectivity index (χ2v) is 3.78. The van der Waals surface area contributed by atoms with Crippen molar-refractivity contribution in [3.63, 3.8) is 0 Å². The first-order valence-electron chi connectivity index (χ1n) is 4.48. The quantitative estimate of drug-likeness (QED) is 0.803. The highest BCUT2D eigenvalue weighted by molar-refractivity contribution is 5.85. The maximum atomic E-state index is 6.02. The van der Waals surface area contributed by atoms with E-state index in [9.17, 15) is 0 Å². The van der Waals surface area contributed by atoms with Gasteiger partial charge in [-0.2, -0.15) is 0 Å². The van der Waals surface area contributed by atoms with Crippen molar-refractivity contribution in [3.05, 3.63) is 24.0 Å². The maximum absolute atomic E-state index is 6.02. The van der Waals surface area contributed by atoms with Crippen LogP contribution in [0, 0.1) is 5.92 Å². The smallest absolute Gasteiger partial charge is 0.0452 e. The minimum atomic E-state index is 0. The van der Waals surface area contributed by atoms with Gasteiger partial charge in [0, 0.05) is 25.0 Å². The van der Waals surface area contributed by atoms with Crippen molar-refractivity contribution in [1.29, 1.82) is 0 Å². The molecule has 0 radical (unpaired) electrons. The first-order chi connectivity index (χ1) is 5.61. The van der Waals surface area contributed by atoms with Gasteiger partial charge in [-0.1, -0.05) is 13.8 Å². The summed E-state index contributed by atoms with van der Waals surface area (Å²) in [6.45, 7) is 4.39. The van der Waals surface area contributed by atoms with E-state index in [0.717, 1.165) is 6.42 Å². The van der Waals surface area contributed by atoms with Crippen molar-refractivity contribution in [2.45, 2.75) is 26.3 Å². The van der Waals surface area contributed by atoms with Gasteiger partial charge in [0.15, 0.2) is 0 Å². The van der Waals surface area contributed by atoms with Gasteiger partial charge in [0.1, 0.15) is 0 Å². The van der Waals surface area contributed by atoms with Crippen molar-refractivity contribution < 1.29 is 0 Å². The lowest BCUT2D eigenvalue weighted by molar-refractivity contribution is 0.493. The molecule has 0 aromatic carbocycles. The van der Waals surface area contributed by atoms with E-state index in [1.807, 2.05) is 19.3 Å². The van der Waals surface area contributed by atoms with Crippen LogP contribution in [0.5, 0.6) is 0 Å². The Morgan fingerprint density at radius 3 is 2.46 bits per heavy atom. The number of halogens is 1. The molecule has 0 fully saturated rings. The molecule has 0 bridgehead atoms. The van der Waals surface area contributed by atoms with Gasteiger partial charge in [-0.3, -0.25) is 0 Å². The molecule has 0 aliphatic rings. The summed E-state index contributed by atoms with van der Waals surface area (Å²) in [5.41, 5.74) is 7.25. The molecule has 13 heavy (non-hydrogen) atoms. The van der Waals surface area contributed by atoms with Crippen molar-refractivity contribution in [1.82, 2.24) is 4.57 Å². The highest BCUT2D eigenvalue weighted by Crippen LogP contribution is 2.17. The topological polar surface area (TPSA) is 30.9 Å². The number of nitrogens with two attached hydrogens (primary N) is 1. The number of rotatable bonds is 3. The lowest BCUT2D eigenvalue weighted by Crippen LogP contribution is -2.15. The van der Waals surface area contributed by atoms with Crippen LogP contribution in [0.15, 0.2) is 18.3 Å². The fraction of sp³-hybridized carbons (Fsp3) is 0.600. The summed E-state index contributed by atoms with van der Waals surface area (Å²) in [6.07, 6.45) is 3.09. The molecule has 0 aliphatic heterocycles. The third-order valence-corrected chi connectivity index (χ3v) is 2.09. The fourth-order valence-electron chi connectivity index (χ4n) is 1.49. The molecule has 0 amide bonds. The molecular weight excluding hydrogens is 184 g/mol. The third-order valence-electron chi connectivity index (χ3n) is 2.09. The first kappa shape index (κ1) is 12.5. The average molecular weight is 203 g/mol. The van der Waals surface area contributed by atoms with Crippen LogP contribution in [-0.4, -0.2) is 4.57 Å². The summed E-state index contributed by atoms with van der Waals surface area (Å²) in [5.74, 6) is 0.662. The molecule has 0 saturated carbocycles. The molecule has 3 heteroatoms. The van der Waals surface area contributed by atoms with Gasteiger partial charge >= 0.3 is 0 Å². The molecule has 0 aliphatic carbocycles. The van der Waals surface area contributed by atoms with E-state index in [1.165, 1.54) is 5.69 Å². The van der Waals surface area contributed by atoms with Gasteiger partial charge in [-0.05, 0) is 24.5 Å². The van der Waals surface area contributed by atoms with Crippen LogP contribution >= 0.6 is 12.4 Å². The van der Waals surface area contributed by atoms with Gasteiger partial charge in [-0.25, -0.2) is 0 Å². The number of hydrogen-bond donors (Lipinski definition) is 1. The van der Waals surface area contributed by atoms with Crippen molar-refractivity contribution in [3.8, 4) is 0 Å². The lowest BCUT2D eigenvalue weighted by Gasteiger charge is -2.14. The zero-order chi connectivity index (χ0) is 9.14. The largest absolute Gasteiger partial charge is 0.353 e. The Hall–Kier alpha value is -0.470. The molecule has 1 rings (SSSR count). The Labute approximate surface area is 86.5 Å². The van der Waals surface area contributed by atoms with Crippen LogP contribution < -0.4 is 5.73 Å². The Morgan fingerprint density at radius 1 is 1.46 bits per heavy atom. The molecule has 76 valence electrons. The van der Waals surface area contributed by atoms with Gasteiger partial charge in [0.05, 0.1) is 0 Å². The van der Waals surface area contributed by atoms with Gasteiger partial charge in [-0.15, -0.1) is 12.4 Å². The predicted molar refractivity (Wildman–Crippen MR) is 59.0 cm³/mol. The van der Waals surface area contributed by atoms with Crippen LogP contribution in [-0.2, 0) is 7.05 Å². The van der Waals surface area contributed by atoms with Crippen LogP contribution in [0.4, 0.5) is 0 Å². The number of aryl methyl sites for hydroxylation is 1. The summed E-state index contributed by atoms with van der Waals surface area (Å²) >= 11 is 0. The summed E-state index contributed by atoms with van der Waals surface area (Å²) < 4.78 is 2.09. The molecule has 1 atom stereocenters. The Morgan fingerprint density at radius 2 is 2.08 bits per heavy atom. The Bertz CT molecular complexity index is 243. The third kappa shape index (κ3) is 3.41. The summed E-state index contributed by atoms with van der Waals surface area (Å²) in [6, 6.07) is 4.31. The minimum Gasteiger partial charge on any atom is -0.353 e. The van der Waals surface area contributed by atoms with Crippen molar-refractivity contribution in [2.75, 3.05) is 0 Å². The average Bonchev–Trinajstić information content (AvgIpc) is 2.33. The van der Waals surface area contributed by atoms with Crippen molar-refractivity contribution in [2.24, 2.45) is 18.7 Å². The first-order valence-corrected chi connectivity index (χ1v) is 4.48. The van der Waals surface area contributed by atoms with Crippen LogP contribution in [0.2, 0.25) is 0 Å². The zero-order valence-corrected chi connectivity index (χ0v) is 9.34. The summed E-state index contributed by atoms with van der Waals surface area (Å²) in [5, 5.41) is 0. The van der Waals surface area contributed by atoms with E-state index in [4.69, 9.17) is 5.73 Å². The number of aromatic nitrogens is 1. The van der Waals surface area contributed by atoms with E-state index in [0.29, 0.717) is 5.92 Å². The summed E-state index contributed by atoms with van der Waals surface area (Å²) in [4.78, 5) is 0. The highest BCUT2D eigenvalue weighted by atomic mass is 35.5. The second-order valence-electron chi connectivity index (χ2n) is 3.78. The van der Waals surface area contributed by atoms with Gasteiger partial charge in [0.25, 0.3) is 0 Å². The van der Waals surface area contributed by atoms with Crippen LogP contribution in [0.1, 0.15) is 32.0 Å². The van der Waals surface area contributed by atoms with Gasteiger partial charge in [0.2, 0.25) is 0 Å². The highest BCUT2D eigenvalue weighted by Gasteiger charge is 2.09. The molecule has 0 spiro atoms.